The number of para-hydroxylation sites is 1. The third-order valence-corrected chi connectivity index (χ3v) is 2.62. The zero-order valence-corrected chi connectivity index (χ0v) is 11.2. The monoisotopic (exact) mass is 298 g/mol. The lowest BCUT2D eigenvalue weighted by Crippen LogP contribution is -2.33. The fraction of sp³-hybridized carbons (Fsp3) is 0.364. The van der Waals surface area contributed by atoms with Gasteiger partial charge in [-0.05, 0) is 19.1 Å². The molecule has 0 amide bonds. The smallest absolute Gasteiger partial charge is 0.157 e. The number of hydrogen-bond acceptors (Lipinski definition) is 3. The van der Waals surface area contributed by atoms with E-state index in [-0.39, 0.29) is 24.0 Å². The summed E-state index contributed by atoms with van der Waals surface area (Å²) in [6.45, 7) is -3.04. The van der Waals surface area contributed by atoms with E-state index >= 15 is 0 Å². The first-order valence-electron chi connectivity index (χ1n) is 6.63. The molecule has 0 saturated carbocycles. The number of hydrogen-bond donors (Lipinski definition) is 1. The van der Waals surface area contributed by atoms with Crippen molar-refractivity contribution in [3.05, 3.63) is 28.2 Å². The third-order valence-electron chi connectivity index (χ3n) is 2.02. The summed E-state index contributed by atoms with van der Waals surface area (Å²) in [5, 5.41) is 3.00. The third kappa shape index (κ3) is 3.41. The Morgan fingerprint density at radius 3 is 2.65 bits per heavy atom. The summed E-state index contributed by atoms with van der Waals surface area (Å²) in [5.74, 6) is 0.317. The molecule has 0 spiro atoms. The Bertz CT molecular complexity index is 548. The number of rotatable bonds is 3. The Morgan fingerprint density at radius 1 is 1.47 bits per heavy atom. The van der Waals surface area contributed by atoms with Crippen molar-refractivity contribution in [2.24, 2.45) is 4.99 Å². The summed E-state index contributed by atoms with van der Waals surface area (Å²) < 4.78 is 35.6. The quantitative estimate of drug-likeness (QED) is 0.930. The molecule has 3 nitrogen and oxygen atoms in total. The summed E-state index contributed by atoms with van der Waals surface area (Å²) in [5.41, 5.74) is 0. The van der Waals surface area contributed by atoms with E-state index in [4.69, 9.17) is 33.4 Å². The van der Waals surface area contributed by atoms with Crippen LogP contribution in [-0.4, -0.2) is 24.9 Å². The number of nitrogens with zero attached hydrogens (tertiary/aromatic N) is 1. The van der Waals surface area contributed by atoms with Gasteiger partial charge in [0.05, 0.1) is 22.0 Å². The van der Waals surface area contributed by atoms with Crippen molar-refractivity contribution < 1.29 is 10.2 Å². The second kappa shape index (κ2) is 6.34. The molecular weight excluding hydrogens is 282 g/mol. The average molecular weight is 300 g/mol. The first-order valence-corrected chi connectivity index (χ1v) is 5.38. The highest BCUT2D eigenvalue weighted by Crippen LogP contribution is 2.33. The molecule has 1 aliphatic heterocycles. The molecular formula is C11H13Cl3N2O. The fourth-order valence-corrected chi connectivity index (χ4v) is 1.71. The number of ether oxygens (including phenoxy) is 1. The molecule has 0 aromatic heterocycles. The topological polar surface area (TPSA) is 33.6 Å². The normalized spacial score (nSPS) is 25.0. The molecule has 1 aromatic rings. The standard InChI is InChI=1S/C11H12Cl2N2O.ClH/c1-7(11-14-5-6-15-11)16-10-8(12)3-2-4-9(10)13;/h2-4,7H,5-6H2,1H3,(H,14,15);1H/i5D2,6D2;. The van der Waals surface area contributed by atoms with E-state index in [0.29, 0.717) is 10.0 Å². The largest absolute Gasteiger partial charge is 0.480 e. The molecule has 1 N–H and O–H groups in total. The Hall–Kier alpha value is -0.640. The van der Waals surface area contributed by atoms with Crippen molar-refractivity contribution in [1.29, 1.82) is 0 Å². The number of benzene rings is 1. The van der Waals surface area contributed by atoms with Gasteiger partial charge in [0.1, 0.15) is 5.84 Å². The van der Waals surface area contributed by atoms with Gasteiger partial charge in [0.15, 0.2) is 11.9 Å². The molecule has 0 bridgehead atoms. The van der Waals surface area contributed by atoms with Gasteiger partial charge in [0.2, 0.25) is 0 Å². The Morgan fingerprint density at radius 2 is 2.12 bits per heavy atom. The van der Waals surface area contributed by atoms with Crippen molar-refractivity contribution >= 4 is 41.4 Å². The van der Waals surface area contributed by atoms with Gasteiger partial charge in [0.25, 0.3) is 0 Å². The molecule has 1 aromatic carbocycles. The molecule has 0 fully saturated rings. The van der Waals surface area contributed by atoms with Crippen LogP contribution in [-0.2, 0) is 0 Å². The van der Waals surface area contributed by atoms with Gasteiger partial charge >= 0.3 is 0 Å². The van der Waals surface area contributed by atoms with Gasteiger partial charge in [-0.15, -0.1) is 12.4 Å². The Labute approximate surface area is 122 Å². The molecule has 0 radical (unpaired) electrons. The minimum atomic E-state index is -2.36. The maximum Gasteiger partial charge on any atom is 0.157 e. The maximum absolute atomic E-state index is 7.54. The number of nitrogens with one attached hydrogen (secondary N) is 1. The molecule has 94 valence electrons. The van der Waals surface area contributed by atoms with Crippen LogP contribution < -0.4 is 10.1 Å². The van der Waals surface area contributed by atoms with E-state index in [9.17, 15) is 0 Å². The van der Waals surface area contributed by atoms with E-state index in [1.807, 2.05) is 0 Å². The van der Waals surface area contributed by atoms with E-state index in [0.717, 1.165) is 0 Å². The highest BCUT2D eigenvalue weighted by atomic mass is 35.5. The van der Waals surface area contributed by atoms with Crippen LogP contribution >= 0.6 is 35.6 Å². The highest BCUT2D eigenvalue weighted by Gasteiger charge is 2.17. The summed E-state index contributed by atoms with van der Waals surface area (Å²) >= 11 is 11.9. The Kier molecular flexibility index (Phi) is 3.47. The van der Waals surface area contributed by atoms with Gasteiger partial charge < -0.3 is 10.1 Å². The molecule has 1 atom stereocenters. The van der Waals surface area contributed by atoms with Crippen LogP contribution in [0.1, 0.15) is 12.4 Å². The van der Waals surface area contributed by atoms with Crippen LogP contribution in [0.2, 0.25) is 10.0 Å². The average Bonchev–Trinajstić information content (AvgIpc) is 2.53. The van der Waals surface area contributed by atoms with E-state index < -0.39 is 19.1 Å². The van der Waals surface area contributed by atoms with Gasteiger partial charge in [-0.1, -0.05) is 29.3 Å². The molecule has 6 heteroatoms. The van der Waals surface area contributed by atoms with Gasteiger partial charge in [-0.2, -0.15) is 0 Å². The van der Waals surface area contributed by atoms with Crippen molar-refractivity contribution in [1.82, 2.24) is 5.32 Å². The molecule has 2 rings (SSSR count). The molecule has 0 saturated heterocycles. The zero-order valence-electron chi connectivity index (χ0n) is 12.8. The summed E-state index contributed by atoms with van der Waals surface area (Å²) in [6.07, 6.45) is -0.722. The molecule has 17 heavy (non-hydrogen) atoms. The van der Waals surface area contributed by atoms with Crippen LogP contribution in [0.4, 0.5) is 0 Å². The predicted molar refractivity (Wildman–Crippen MR) is 74.1 cm³/mol. The summed E-state index contributed by atoms with van der Waals surface area (Å²) in [7, 11) is 0. The van der Waals surface area contributed by atoms with Gasteiger partial charge in [-0.25, -0.2) is 0 Å². The number of aliphatic imine (C=N–C) groups is 1. The molecule has 1 aliphatic rings. The predicted octanol–water partition coefficient (Wildman–Crippen LogP) is 3.18. The minimum Gasteiger partial charge on any atom is -0.480 e. The van der Waals surface area contributed by atoms with Gasteiger partial charge in [0, 0.05) is 6.50 Å². The molecule has 1 heterocycles. The summed E-state index contributed by atoms with van der Waals surface area (Å²) in [4.78, 5) is 3.68. The van der Waals surface area contributed by atoms with Crippen LogP contribution in [0.25, 0.3) is 0 Å². The summed E-state index contributed by atoms with van der Waals surface area (Å²) in [6, 6.07) is 4.89. The zero-order chi connectivity index (χ0) is 15.1. The molecule has 0 aliphatic carbocycles. The van der Waals surface area contributed by atoms with E-state index in [2.05, 4.69) is 10.3 Å². The second-order valence-corrected chi connectivity index (χ2v) is 3.98. The van der Waals surface area contributed by atoms with E-state index in [1.54, 1.807) is 25.1 Å². The van der Waals surface area contributed by atoms with Crippen molar-refractivity contribution in [3.63, 3.8) is 0 Å². The van der Waals surface area contributed by atoms with Crippen LogP contribution in [0, 0.1) is 0 Å². The number of halogens is 3. The van der Waals surface area contributed by atoms with Crippen LogP contribution in [0.5, 0.6) is 5.75 Å². The lowest BCUT2D eigenvalue weighted by Gasteiger charge is -2.16. The first-order chi connectivity index (χ1) is 9.14. The number of amidine groups is 1. The van der Waals surface area contributed by atoms with Crippen LogP contribution in [0.3, 0.4) is 0 Å². The second-order valence-electron chi connectivity index (χ2n) is 3.17. The van der Waals surface area contributed by atoms with Crippen LogP contribution in [0.15, 0.2) is 23.2 Å². The minimum absolute atomic E-state index is 0. The van der Waals surface area contributed by atoms with Crippen molar-refractivity contribution in [2.45, 2.75) is 13.0 Å². The highest BCUT2D eigenvalue weighted by molar-refractivity contribution is 6.37. The first kappa shape index (κ1) is 9.31. The lowest BCUT2D eigenvalue weighted by molar-refractivity contribution is 0.284. The lowest BCUT2D eigenvalue weighted by atomic mass is 10.3. The fourth-order valence-electron chi connectivity index (χ4n) is 1.23. The van der Waals surface area contributed by atoms with Crippen molar-refractivity contribution in [2.75, 3.05) is 13.0 Å². The van der Waals surface area contributed by atoms with E-state index in [1.165, 1.54) is 0 Å². The maximum atomic E-state index is 7.54. The molecule has 1 unspecified atom stereocenters. The van der Waals surface area contributed by atoms with Gasteiger partial charge in [-0.3, -0.25) is 4.99 Å². The Balaban J connectivity index is 0.00000220. The SMILES string of the molecule is Cl.[2H]C1([2H])N=C(C(C)Oc2c(Cl)cccc2Cl)NC1([2H])[2H]. The van der Waals surface area contributed by atoms with Crippen molar-refractivity contribution in [3.8, 4) is 5.75 Å².